The molecule has 0 saturated heterocycles. The van der Waals surface area contributed by atoms with Gasteiger partial charge in [-0.1, -0.05) is 12.1 Å². The van der Waals surface area contributed by atoms with Crippen LogP contribution in [0.25, 0.3) is 0 Å². The molecule has 150 valence electrons. The number of rotatable bonds is 11. The molecule has 0 atom stereocenters. The van der Waals surface area contributed by atoms with E-state index in [4.69, 9.17) is 9.47 Å². The van der Waals surface area contributed by atoms with Gasteiger partial charge < -0.3 is 24.7 Å². The fourth-order valence-electron chi connectivity index (χ4n) is 2.32. The average molecular weight is 487 g/mol. The Morgan fingerprint density at radius 3 is 2.63 bits per heavy atom. The van der Waals surface area contributed by atoms with Crippen molar-refractivity contribution in [2.24, 2.45) is 4.99 Å². The highest BCUT2D eigenvalue weighted by Gasteiger charge is 2.00. The molecular formula is C19H30IN5O2. The van der Waals surface area contributed by atoms with Gasteiger partial charge in [0, 0.05) is 45.2 Å². The molecule has 0 amide bonds. The minimum absolute atomic E-state index is 0. The number of imidazole rings is 1. The Morgan fingerprint density at radius 2 is 1.96 bits per heavy atom. The topological polar surface area (TPSA) is 72.7 Å². The van der Waals surface area contributed by atoms with Gasteiger partial charge in [-0.25, -0.2) is 9.98 Å². The van der Waals surface area contributed by atoms with Crippen LogP contribution in [0.4, 0.5) is 0 Å². The van der Waals surface area contributed by atoms with E-state index >= 15 is 0 Å². The van der Waals surface area contributed by atoms with E-state index in [0.29, 0.717) is 6.54 Å². The fraction of sp³-hybridized carbons (Fsp3) is 0.474. The van der Waals surface area contributed by atoms with E-state index in [0.717, 1.165) is 56.5 Å². The molecule has 1 aromatic heterocycles. The molecule has 0 aliphatic carbocycles. The number of aliphatic imine (C=N–C) groups is 1. The van der Waals surface area contributed by atoms with Crippen LogP contribution in [0.3, 0.4) is 0 Å². The first-order valence-corrected chi connectivity index (χ1v) is 9.00. The maximum atomic E-state index is 5.37. The number of ether oxygens (including phenoxy) is 2. The van der Waals surface area contributed by atoms with Gasteiger partial charge in [-0.15, -0.1) is 24.0 Å². The lowest BCUT2D eigenvalue weighted by atomic mass is 10.2. The number of aromatic nitrogens is 2. The van der Waals surface area contributed by atoms with Gasteiger partial charge >= 0.3 is 0 Å². The van der Waals surface area contributed by atoms with Crippen LogP contribution in [-0.2, 0) is 17.8 Å². The minimum atomic E-state index is 0. The maximum absolute atomic E-state index is 5.37. The van der Waals surface area contributed by atoms with Gasteiger partial charge in [-0.05, 0) is 31.0 Å². The summed E-state index contributed by atoms with van der Waals surface area (Å²) < 4.78 is 12.6. The van der Waals surface area contributed by atoms with Gasteiger partial charge in [0.2, 0.25) is 0 Å². The highest BCUT2D eigenvalue weighted by Crippen LogP contribution is 2.11. The second kappa shape index (κ2) is 14.3. The third kappa shape index (κ3) is 9.62. The molecule has 2 N–H and O–H groups in total. The molecule has 27 heavy (non-hydrogen) atoms. The average Bonchev–Trinajstić information content (AvgIpc) is 3.19. The third-order valence-electron chi connectivity index (χ3n) is 3.76. The molecular weight excluding hydrogens is 457 g/mol. The first-order valence-electron chi connectivity index (χ1n) is 9.00. The Bertz CT molecular complexity index is 632. The summed E-state index contributed by atoms with van der Waals surface area (Å²) >= 11 is 0. The van der Waals surface area contributed by atoms with Crippen LogP contribution in [0.1, 0.15) is 18.9 Å². The molecule has 0 saturated carbocycles. The fourth-order valence-corrected chi connectivity index (χ4v) is 2.32. The second-order valence-electron chi connectivity index (χ2n) is 5.72. The van der Waals surface area contributed by atoms with E-state index in [2.05, 4.69) is 20.6 Å². The van der Waals surface area contributed by atoms with Crippen LogP contribution >= 0.6 is 24.0 Å². The van der Waals surface area contributed by atoms with Crippen molar-refractivity contribution in [3.05, 3.63) is 48.5 Å². The van der Waals surface area contributed by atoms with Gasteiger partial charge in [0.05, 0.1) is 20.0 Å². The van der Waals surface area contributed by atoms with E-state index in [1.54, 1.807) is 13.3 Å². The first kappa shape index (κ1) is 23.2. The lowest BCUT2D eigenvalue weighted by Crippen LogP contribution is -2.39. The normalized spacial score (nSPS) is 11.0. The Morgan fingerprint density at radius 1 is 1.19 bits per heavy atom. The molecule has 8 heteroatoms. The molecule has 0 spiro atoms. The van der Waals surface area contributed by atoms with Crippen LogP contribution in [0.2, 0.25) is 0 Å². The number of guanidine groups is 1. The van der Waals surface area contributed by atoms with Crippen molar-refractivity contribution >= 4 is 29.9 Å². The maximum Gasteiger partial charge on any atom is 0.191 e. The van der Waals surface area contributed by atoms with Crippen molar-refractivity contribution in [2.75, 3.05) is 33.4 Å². The van der Waals surface area contributed by atoms with Crippen molar-refractivity contribution in [3.63, 3.8) is 0 Å². The standard InChI is InChI=1S/C19H29N5O2.HI/c1-3-26-14-4-9-21-19(22-11-13-24-12-10-20-16-24)23-15-17-5-7-18(25-2)8-6-17;/h5-8,10,12,16H,3-4,9,11,13-15H2,1-2H3,(H2,21,22,23);1H. The predicted molar refractivity (Wildman–Crippen MR) is 119 cm³/mol. The summed E-state index contributed by atoms with van der Waals surface area (Å²) in [6.07, 6.45) is 6.49. The van der Waals surface area contributed by atoms with Gasteiger partial charge in [0.15, 0.2) is 5.96 Å². The lowest BCUT2D eigenvalue weighted by Gasteiger charge is -2.13. The predicted octanol–water partition coefficient (Wildman–Crippen LogP) is 2.67. The number of benzene rings is 1. The van der Waals surface area contributed by atoms with E-state index in [-0.39, 0.29) is 24.0 Å². The van der Waals surface area contributed by atoms with Crippen molar-refractivity contribution < 1.29 is 9.47 Å². The summed E-state index contributed by atoms with van der Waals surface area (Å²) in [7, 11) is 1.67. The minimum Gasteiger partial charge on any atom is -0.497 e. The van der Waals surface area contributed by atoms with Crippen molar-refractivity contribution in [3.8, 4) is 5.75 Å². The quantitative estimate of drug-likeness (QED) is 0.221. The van der Waals surface area contributed by atoms with Crippen LogP contribution in [0.5, 0.6) is 5.75 Å². The number of hydrogen-bond donors (Lipinski definition) is 2. The van der Waals surface area contributed by atoms with Crippen molar-refractivity contribution in [1.29, 1.82) is 0 Å². The summed E-state index contributed by atoms with van der Waals surface area (Å²) in [6, 6.07) is 7.96. The number of methoxy groups -OCH3 is 1. The molecule has 1 aromatic carbocycles. The first-order chi connectivity index (χ1) is 12.8. The smallest absolute Gasteiger partial charge is 0.191 e. The molecule has 0 aliphatic rings. The Kier molecular flexibility index (Phi) is 12.3. The third-order valence-corrected chi connectivity index (χ3v) is 3.76. The molecule has 0 aliphatic heterocycles. The molecule has 0 bridgehead atoms. The largest absolute Gasteiger partial charge is 0.497 e. The van der Waals surface area contributed by atoms with Gasteiger partial charge in [-0.3, -0.25) is 0 Å². The SMILES string of the molecule is CCOCCCNC(=NCc1ccc(OC)cc1)NCCn1ccnc1.I. The van der Waals surface area contributed by atoms with Gasteiger partial charge in [0.25, 0.3) is 0 Å². The zero-order valence-corrected chi connectivity index (χ0v) is 18.4. The number of nitrogens with zero attached hydrogens (tertiary/aromatic N) is 3. The van der Waals surface area contributed by atoms with E-state index < -0.39 is 0 Å². The Balaban J connectivity index is 0.00000364. The Labute approximate surface area is 178 Å². The van der Waals surface area contributed by atoms with Crippen LogP contribution in [-0.4, -0.2) is 48.9 Å². The van der Waals surface area contributed by atoms with E-state index in [1.165, 1.54) is 0 Å². The number of hydrogen-bond acceptors (Lipinski definition) is 4. The Hall–Kier alpha value is -1.81. The van der Waals surface area contributed by atoms with E-state index in [9.17, 15) is 0 Å². The summed E-state index contributed by atoms with van der Waals surface area (Å²) in [6.45, 7) is 6.55. The molecule has 2 rings (SSSR count). The zero-order chi connectivity index (χ0) is 18.5. The van der Waals surface area contributed by atoms with Crippen molar-refractivity contribution in [1.82, 2.24) is 20.2 Å². The summed E-state index contributed by atoms with van der Waals surface area (Å²) in [5.74, 6) is 1.66. The number of halogens is 1. The second-order valence-corrected chi connectivity index (χ2v) is 5.72. The lowest BCUT2D eigenvalue weighted by molar-refractivity contribution is 0.145. The molecule has 1 heterocycles. The van der Waals surface area contributed by atoms with Gasteiger partial charge in [-0.2, -0.15) is 0 Å². The van der Waals surface area contributed by atoms with E-state index in [1.807, 2.05) is 48.3 Å². The highest BCUT2D eigenvalue weighted by atomic mass is 127. The highest BCUT2D eigenvalue weighted by molar-refractivity contribution is 14.0. The van der Waals surface area contributed by atoms with Crippen LogP contribution in [0, 0.1) is 0 Å². The summed E-state index contributed by atoms with van der Waals surface area (Å²) in [5, 5.41) is 6.73. The number of nitrogens with one attached hydrogen (secondary N) is 2. The molecule has 2 aromatic rings. The molecule has 0 unspecified atom stereocenters. The van der Waals surface area contributed by atoms with Crippen LogP contribution < -0.4 is 15.4 Å². The summed E-state index contributed by atoms with van der Waals surface area (Å²) in [4.78, 5) is 8.73. The molecule has 0 fully saturated rings. The summed E-state index contributed by atoms with van der Waals surface area (Å²) in [5.41, 5.74) is 1.14. The zero-order valence-electron chi connectivity index (χ0n) is 16.1. The van der Waals surface area contributed by atoms with Crippen LogP contribution in [0.15, 0.2) is 48.0 Å². The monoisotopic (exact) mass is 487 g/mol. The van der Waals surface area contributed by atoms with Gasteiger partial charge in [0.1, 0.15) is 5.75 Å². The molecule has 7 nitrogen and oxygen atoms in total. The van der Waals surface area contributed by atoms with Crippen molar-refractivity contribution in [2.45, 2.75) is 26.4 Å². The molecule has 0 radical (unpaired) electrons.